The minimum atomic E-state index is 0.222. The molecule has 0 unspecified atom stereocenters. The fraction of sp³-hybridized carbons (Fsp3) is 0.714. The van der Waals surface area contributed by atoms with Crippen molar-refractivity contribution in [2.45, 2.75) is 44.1 Å². The van der Waals surface area contributed by atoms with Gasteiger partial charge in [0.2, 0.25) is 0 Å². The van der Waals surface area contributed by atoms with Crippen molar-refractivity contribution in [3.05, 3.63) is 5.56 Å². The van der Waals surface area contributed by atoms with Gasteiger partial charge >= 0.3 is 0 Å². The molecule has 5 rings (SSSR count). The van der Waals surface area contributed by atoms with E-state index < -0.39 is 0 Å². The molecule has 4 nitrogen and oxygen atoms in total. The average molecular weight is 274 g/mol. The summed E-state index contributed by atoms with van der Waals surface area (Å²) in [4.78, 5) is 0. The minimum Gasteiger partial charge on any atom is -0.382 e. The van der Waals surface area contributed by atoms with E-state index in [1.54, 1.807) is 0 Å². The number of nitrogens with zero attached hydrogens (tertiary/aromatic N) is 2. The molecule has 4 aliphatic rings. The van der Waals surface area contributed by atoms with Gasteiger partial charge in [-0.25, -0.2) is 0 Å². The van der Waals surface area contributed by atoms with E-state index >= 15 is 0 Å². The monoisotopic (exact) mass is 274 g/mol. The first-order valence-electron chi connectivity index (χ1n) is 7.11. The zero-order valence-electron chi connectivity index (χ0n) is 10.9. The highest BCUT2D eigenvalue weighted by Crippen LogP contribution is 2.57. The fourth-order valence-electron chi connectivity index (χ4n) is 5.00. The number of nitriles is 1. The lowest BCUT2D eigenvalue weighted by Gasteiger charge is -2.57. The molecule has 0 amide bonds. The molecule has 0 spiro atoms. The van der Waals surface area contributed by atoms with Crippen molar-refractivity contribution in [2.75, 3.05) is 11.1 Å². The van der Waals surface area contributed by atoms with Crippen LogP contribution in [0.2, 0.25) is 0 Å². The van der Waals surface area contributed by atoms with Crippen LogP contribution in [0.3, 0.4) is 0 Å². The van der Waals surface area contributed by atoms with Crippen molar-refractivity contribution in [1.29, 1.82) is 5.26 Å². The van der Waals surface area contributed by atoms with Crippen molar-refractivity contribution in [3.8, 4) is 6.07 Å². The summed E-state index contributed by atoms with van der Waals surface area (Å²) in [5.41, 5.74) is 6.52. The average Bonchev–Trinajstić information content (AvgIpc) is 2.67. The minimum absolute atomic E-state index is 0.222. The summed E-state index contributed by atoms with van der Waals surface area (Å²) in [6.07, 6.45) is 8.08. The van der Waals surface area contributed by atoms with E-state index in [2.05, 4.69) is 15.8 Å². The third-order valence-corrected chi connectivity index (χ3v) is 6.02. The Morgan fingerprint density at radius 2 is 1.79 bits per heavy atom. The largest absolute Gasteiger partial charge is 0.382 e. The maximum atomic E-state index is 9.20. The molecule has 0 aromatic carbocycles. The van der Waals surface area contributed by atoms with Crippen LogP contribution in [0, 0.1) is 29.1 Å². The van der Waals surface area contributed by atoms with Gasteiger partial charge < -0.3 is 11.1 Å². The summed E-state index contributed by atoms with van der Waals surface area (Å²) in [5.74, 6) is 3.07. The third kappa shape index (κ3) is 1.73. The van der Waals surface area contributed by atoms with Crippen LogP contribution in [0.1, 0.15) is 44.1 Å². The Bertz CT molecular complexity index is 521. The molecule has 1 heterocycles. The third-order valence-electron chi connectivity index (χ3n) is 5.25. The smallest absolute Gasteiger partial charge is 0.157 e. The van der Waals surface area contributed by atoms with Gasteiger partial charge in [0.25, 0.3) is 0 Å². The zero-order valence-corrected chi connectivity index (χ0v) is 11.7. The standard InChI is InChI=1S/C14H18N4S/c15-7-11-12(16)18-19-13(11)17-14-4-8-1-9(5-14)3-10(2-8)6-14/h8-10,17H,1-6H2,(H2,16,18). The van der Waals surface area contributed by atoms with Gasteiger partial charge in [0.05, 0.1) is 0 Å². The number of hydrogen-bond donors (Lipinski definition) is 2. The van der Waals surface area contributed by atoms with Gasteiger partial charge in [0.1, 0.15) is 16.6 Å². The Hall–Kier alpha value is -1.28. The molecule has 100 valence electrons. The summed E-state index contributed by atoms with van der Waals surface area (Å²) < 4.78 is 4.12. The normalized spacial score (nSPS) is 39.2. The van der Waals surface area contributed by atoms with Crippen LogP contribution in [0.25, 0.3) is 0 Å². The highest BCUT2D eigenvalue weighted by atomic mass is 32.1. The van der Waals surface area contributed by atoms with E-state index in [-0.39, 0.29) is 5.54 Å². The van der Waals surface area contributed by atoms with Crippen LogP contribution in [0.15, 0.2) is 0 Å². The molecule has 0 saturated heterocycles. The van der Waals surface area contributed by atoms with Crippen LogP contribution in [-0.4, -0.2) is 9.91 Å². The first kappa shape index (κ1) is 11.5. The highest BCUT2D eigenvalue weighted by Gasteiger charge is 2.51. The molecule has 1 aromatic heterocycles. The summed E-state index contributed by atoms with van der Waals surface area (Å²) in [6.45, 7) is 0. The molecule has 4 fully saturated rings. The molecular weight excluding hydrogens is 256 g/mol. The summed E-state index contributed by atoms with van der Waals surface area (Å²) >= 11 is 1.34. The number of nitrogen functional groups attached to an aromatic ring is 1. The van der Waals surface area contributed by atoms with Crippen LogP contribution in [0.4, 0.5) is 10.8 Å². The van der Waals surface area contributed by atoms with Gasteiger partial charge in [-0.15, -0.1) is 0 Å². The lowest BCUT2D eigenvalue weighted by atomic mass is 9.53. The molecule has 0 atom stereocenters. The number of nitrogens with two attached hydrogens (primary N) is 1. The quantitative estimate of drug-likeness (QED) is 0.869. The fourth-order valence-corrected chi connectivity index (χ4v) is 5.78. The first-order chi connectivity index (χ1) is 9.17. The highest BCUT2D eigenvalue weighted by molar-refractivity contribution is 7.10. The molecule has 0 radical (unpaired) electrons. The number of rotatable bonds is 2. The van der Waals surface area contributed by atoms with E-state index in [0.29, 0.717) is 11.4 Å². The predicted octanol–water partition coefficient (Wildman–Crippen LogP) is 2.98. The molecular formula is C14H18N4S. The second-order valence-electron chi connectivity index (χ2n) is 6.71. The topological polar surface area (TPSA) is 74.7 Å². The van der Waals surface area contributed by atoms with Crippen molar-refractivity contribution in [2.24, 2.45) is 17.8 Å². The van der Waals surface area contributed by atoms with Crippen LogP contribution in [-0.2, 0) is 0 Å². The molecule has 4 saturated carbocycles. The van der Waals surface area contributed by atoms with Gasteiger partial charge in [-0.2, -0.15) is 9.64 Å². The Morgan fingerprint density at radius 3 is 2.32 bits per heavy atom. The Balaban J connectivity index is 1.64. The van der Waals surface area contributed by atoms with E-state index in [4.69, 9.17) is 5.73 Å². The SMILES string of the molecule is N#Cc1c(N)nsc1NC12CC3CC(CC(C3)C1)C2. The maximum Gasteiger partial charge on any atom is 0.157 e. The van der Waals surface area contributed by atoms with Gasteiger partial charge in [-0.3, -0.25) is 0 Å². The molecule has 1 aromatic rings. The van der Waals surface area contributed by atoms with E-state index in [1.807, 2.05) is 0 Å². The van der Waals surface area contributed by atoms with Crippen LogP contribution >= 0.6 is 11.5 Å². The molecule has 0 aliphatic heterocycles. The van der Waals surface area contributed by atoms with Gasteiger partial charge in [0.15, 0.2) is 5.82 Å². The van der Waals surface area contributed by atoms with Gasteiger partial charge in [0, 0.05) is 5.54 Å². The second-order valence-corrected chi connectivity index (χ2v) is 7.48. The molecule has 5 heteroatoms. The van der Waals surface area contributed by atoms with E-state index in [0.717, 1.165) is 22.8 Å². The number of hydrogen-bond acceptors (Lipinski definition) is 5. The van der Waals surface area contributed by atoms with E-state index in [1.165, 1.54) is 50.1 Å². The summed E-state index contributed by atoms with van der Waals surface area (Å²) in [7, 11) is 0. The maximum absolute atomic E-state index is 9.20. The zero-order chi connectivity index (χ0) is 13.0. The first-order valence-corrected chi connectivity index (χ1v) is 7.88. The predicted molar refractivity (Wildman–Crippen MR) is 75.8 cm³/mol. The van der Waals surface area contributed by atoms with Crippen LogP contribution < -0.4 is 11.1 Å². The van der Waals surface area contributed by atoms with Gasteiger partial charge in [-0.1, -0.05) is 0 Å². The van der Waals surface area contributed by atoms with Crippen molar-refractivity contribution < 1.29 is 0 Å². The Morgan fingerprint density at radius 1 is 1.21 bits per heavy atom. The molecule has 4 aliphatic carbocycles. The van der Waals surface area contributed by atoms with Gasteiger partial charge in [-0.05, 0) is 67.8 Å². The Kier molecular flexibility index (Phi) is 2.34. The van der Waals surface area contributed by atoms with Crippen molar-refractivity contribution in [3.63, 3.8) is 0 Å². The Labute approximate surface area is 117 Å². The number of nitrogens with one attached hydrogen (secondary N) is 1. The lowest BCUT2D eigenvalue weighted by Crippen LogP contribution is -2.54. The molecule has 4 bridgehead atoms. The lowest BCUT2D eigenvalue weighted by molar-refractivity contribution is 0.0108. The van der Waals surface area contributed by atoms with Crippen LogP contribution in [0.5, 0.6) is 0 Å². The summed E-state index contributed by atoms with van der Waals surface area (Å²) in [5, 5.41) is 13.8. The second kappa shape index (κ2) is 3.86. The molecule has 19 heavy (non-hydrogen) atoms. The van der Waals surface area contributed by atoms with Crippen molar-refractivity contribution >= 4 is 22.4 Å². The number of aromatic nitrogens is 1. The van der Waals surface area contributed by atoms with E-state index in [9.17, 15) is 5.26 Å². The molecule has 3 N–H and O–H groups in total. The summed E-state index contributed by atoms with van der Waals surface area (Å²) in [6, 6.07) is 2.19. The number of anilines is 2. The van der Waals surface area contributed by atoms with Crippen molar-refractivity contribution in [1.82, 2.24) is 4.37 Å².